The maximum absolute atomic E-state index is 4.04. The topological polar surface area (TPSA) is 0 Å². The minimum Gasteiger partial charge on any atom is -0.0989 e. The van der Waals surface area contributed by atoms with Crippen LogP contribution in [0.1, 0.15) is 0 Å². The van der Waals surface area contributed by atoms with Crippen molar-refractivity contribution >= 4 is 9.80 Å². The van der Waals surface area contributed by atoms with E-state index < -0.39 is 0 Å². The molecule has 0 aromatic carbocycles. The van der Waals surface area contributed by atoms with E-state index >= 15 is 0 Å². The Labute approximate surface area is 46.8 Å². The second-order valence-electron chi connectivity index (χ2n) is 0.563. The van der Waals surface area contributed by atoms with Gasteiger partial charge in [-0.05, 0) is 6.08 Å². The smallest absolute Gasteiger partial charge is 0.0989 e. The number of thiol groups is 1. The van der Waals surface area contributed by atoms with E-state index in [1.807, 2.05) is 6.08 Å². The van der Waals surface area contributed by atoms with Gasteiger partial charge in [0.05, 0.1) is 0 Å². The largest absolute Gasteiger partial charge is 0.355 e. The molecule has 0 N–H and O–H groups in total. The molecule has 0 amide bonds. The molecule has 0 aromatic heterocycles. The Morgan fingerprint density at radius 1 is 2.00 bits per heavy atom. The molecule has 5 heavy (non-hydrogen) atoms. The summed E-state index contributed by atoms with van der Waals surface area (Å²) in [4.78, 5) is 0. The minimum atomic E-state index is 0.184. The highest BCUT2D eigenvalue weighted by molar-refractivity contribution is 7.72. The predicted octanol–water partition coefficient (Wildman–Crippen LogP) is -1.89. The highest BCUT2D eigenvalue weighted by Gasteiger charge is 1.86. The van der Waals surface area contributed by atoms with Gasteiger partial charge in [-0.15, -0.1) is 0 Å². The van der Waals surface area contributed by atoms with Crippen molar-refractivity contribution in [2.24, 2.45) is 0 Å². The Balaban J connectivity index is 2.40. The van der Waals surface area contributed by atoms with Crippen molar-refractivity contribution in [3.63, 3.8) is 0 Å². The van der Waals surface area contributed by atoms with E-state index in [1.165, 1.54) is 0 Å². The predicted molar refractivity (Wildman–Crippen MR) is 24.0 cm³/mol. The Bertz CT molecular complexity index is 28.1. The normalized spacial score (nSPS) is 7.40. The van der Waals surface area contributed by atoms with Gasteiger partial charge >= 0.3 is 19.8 Å². The van der Waals surface area contributed by atoms with E-state index in [0.29, 0.717) is 0 Å². The SMILES string of the molecule is C=CC[I+]S. The summed E-state index contributed by atoms with van der Waals surface area (Å²) in [6.07, 6.45) is 1.90. The Hall–Kier alpha value is 0.820. The molecule has 0 spiro atoms. The van der Waals surface area contributed by atoms with Crippen LogP contribution in [-0.4, -0.2) is 4.43 Å². The summed E-state index contributed by atoms with van der Waals surface area (Å²) in [6.45, 7) is 3.53. The number of hydrogen-bond acceptors (Lipinski definition) is 1. The maximum Gasteiger partial charge on any atom is 0.355 e. The Morgan fingerprint density at radius 2 is 2.60 bits per heavy atom. The first-order chi connectivity index (χ1) is 2.41. The summed E-state index contributed by atoms with van der Waals surface area (Å²) in [5, 5.41) is 0. The molecule has 0 radical (unpaired) electrons. The van der Waals surface area contributed by atoms with E-state index in [2.05, 4.69) is 16.4 Å². The first-order valence-corrected chi connectivity index (χ1v) is 6.01. The van der Waals surface area contributed by atoms with Gasteiger partial charge in [-0.2, -0.15) is 0 Å². The van der Waals surface area contributed by atoms with Crippen molar-refractivity contribution in [3.8, 4) is 0 Å². The first-order valence-electron chi connectivity index (χ1n) is 1.25. The molecule has 2 heteroatoms. The summed E-state index contributed by atoms with van der Waals surface area (Å²) < 4.78 is 1.13. The molecule has 0 aliphatic carbocycles. The lowest BCUT2D eigenvalue weighted by atomic mass is 10.8. The highest BCUT2D eigenvalue weighted by atomic mass is 127. The summed E-state index contributed by atoms with van der Waals surface area (Å²) in [5.41, 5.74) is 0. The Kier molecular flexibility index (Phi) is 5.61. The zero-order chi connectivity index (χ0) is 4.12. The van der Waals surface area contributed by atoms with Crippen molar-refractivity contribution in [1.82, 2.24) is 0 Å². The molecule has 0 saturated carbocycles. The lowest BCUT2D eigenvalue weighted by Gasteiger charge is -1.52. The van der Waals surface area contributed by atoms with Crippen LogP contribution < -0.4 is 19.8 Å². The van der Waals surface area contributed by atoms with Gasteiger partial charge in [0.1, 0.15) is 9.80 Å². The third-order valence-electron chi connectivity index (χ3n) is 0.178. The second kappa shape index (κ2) is 4.82. The average molecular weight is 201 g/mol. The van der Waals surface area contributed by atoms with Gasteiger partial charge in [0.25, 0.3) is 0 Å². The van der Waals surface area contributed by atoms with Crippen LogP contribution in [0.3, 0.4) is 0 Å². The number of alkyl halides is 1. The quantitative estimate of drug-likeness (QED) is 0.229. The summed E-state index contributed by atoms with van der Waals surface area (Å²) in [5.74, 6) is 0. The molecular weight excluding hydrogens is 195 g/mol. The third-order valence-corrected chi connectivity index (χ3v) is 2.12. The van der Waals surface area contributed by atoms with Crippen LogP contribution in [0, 0.1) is 0 Å². The lowest BCUT2D eigenvalue weighted by Crippen LogP contribution is -3.56. The van der Waals surface area contributed by atoms with Gasteiger partial charge in [-0.25, -0.2) is 0 Å². The molecule has 0 nitrogen and oxygen atoms in total. The van der Waals surface area contributed by atoms with Gasteiger partial charge < -0.3 is 0 Å². The van der Waals surface area contributed by atoms with Crippen LogP contribution in [0.4, 0.5) is 0 Å². The van der Waals surface area contributed by atoms with Crippen molar-refractivity contribution in [1.29, 1.82) is 0 Å². The van der Waals surface area contributed by atoms with Crippen LogP contribution in [-0.2, 0) is 0 Å². The van der Waals surface area contributed by atoms with Crippen LogP contribution in [0.25, 0.3) is 0 Å². The van der Waals surface area contributed by atoms with Crippen molar-refractivity contribution in [2.45, 2.75) is 0 Å². The molecule has 0 bridgehead atoms. The van der Waals surface area contributed by atoms with Gasteiger partial charge in [0, 0.05) is 0 Å². The molecule has 0 aliphatic rings. The molecular formula is C3H6IS+. The molecule has 30 valence electrons. The van der Waals surface area contributed by atoms with E-state index in [4.69, 9.17) is 0 Å². The van der Waals surface area contributed by atoms with Crippen molar-refractivity contribution in [3.05, 3.63) is 12.7 Å². The van der Waals surface area contributed by atoms with Crippen LogP contribution in [0.15, 0.2) is 12.7 Å². The first kappa shape index (κ1) is 5.82. The number of rotatable bonds is 2. The minimum absolute atomic E-state index is 0.184. The van der Waals surface area contributed by atoms with Crippen molar-refractivity contribution < 1.29 is 19.8 Å². The maximum atomic E-state index is 4.04. The number of allylic oxidation sites excluding steroid dienone is 1. The molecule has 0 aromatic rings. The third kappa shape index (κ3) is 4.82. The van der Waals surface area contributed by atoms with E-state index in [0.717, 1.165) is 4.43 Å². The second-order valence-corrected chi connectivity index (χ2v) is 3.73. The fourth-order valence-corrected chi connectivity index (χ4v) is 0.982. The van der Waals surface area contributed by atoms with E-state index in [1.54, 1.807) is 0 Å². The monoisotopic (exact) mass is 201 g/mol. The zero-order valence-corrected chi connectivity index (χ0v) is 5.87. The average Bonchev–Trinajstić information content (AvgIpc) is 1.41. The molecule has 0 rings (SSSR count). The highest BCUT2D eigenvalue weighted by Crippen LogP contribution is 1.37. The van der Waals surface area contributed by atoms with Crippen LogP contribution in [0.2, 0.25) is 0 Å². The number of halogens is 1. The summed E-state index contributed by atoms with van der Waals surface area (Å²) in [6, 6.07) is 0. The van der Waals surface area contributed by atoms with Crippen molar-refractivity contribution in [2.75, 3.05) is 4.43 Å². The zero-order valence-electron chi connectivity index (χ0n) is 2.82. The molecule has 0 heterocycles. The Morgan fingerprint density at radius 3 is 2.60 bits per heavy atom. The summed E-state index contributed by atoms with van der Waals surface area (Å²) >= 11 is 0.184. The van der Waals surface area contributed by atoms with Gasteiger partial charge in [0.2, 0.25) is 0 Å². The standard InChI is InChI=1S/C3H6IS/c1-2-3-4-5/h2,5H,1,3H2/q+1. The molecule has 0 unspecified atom stereocenters. The fourth-order valence-electron chi connectivity index (χ4n) is 0.0488. The fraction of sp³-hybridized carbons (Fsp3) is 0.333. The lowest BCUT2D eigenvalue weighted by molar-refractivity contribution is -0.462. The van der Waals surface area contributed by atoms with E-state index in [-0.39, 0.29) is 19.8 Å². The van der Waals surface area contributed by atoms with Crippen LogP contribution >= 0.6 is 9.80 Å². The molecule has 0 saturated heterocycles. The van der Waals surface area contributed by atoms with Gasteiger partial charge in [-0.3, -0.25) is 0 Å². The molecule has 0 atom stereocenters. The van der Waals surface area contributed by atoms with Crippen LogP contribution in [0.5, 0.6) is 0 Å². The van der Waals surface area contributed by atoms with E-state index in [9.17, 15) is 0 Å². The van der Waals surface area contributed by atoms with Gasteiger partial charge in [-0.1, -0.05) is 6.58 Å². The summed E-state index contributed by atoms with van der Waals surface area (Å²) in [7, 11) is 4.04. The van der Waals surface area contributed by atoms with Gasteiger partial charge in [0.15, 0.2) is 4.43 Å². The number of hydrogen-bond donors (Lipinski definition) is 1. The molecule has 0 fully saturated rings. The molecule has 0 aliphatic heterocycles.